The smallest absolute Gasteiger partial charge is 0.235 e. The van der Waals surface area contributed by atoms with Gasteiger partial charge < -0.3 is 9.88 Å². The van der Waals surface area contributed by atoms with Crippen molar-refractivity contribution in [1.82, 2.24) is 24.5 Å². The van der Waals surface area contributed by atoms with Gasteiger partial charge in [0.15, 0.2) is 11.0 Å². The summed E-state index contributed by atoms with van der Waals surface area (Å²) in [5.41, 5.74) is 0.384. The Labute approximate surface area is 172 Å². The van der Waals surface area contributed by atoms with Crippen molar-refractivity contribution in [3.63, 3.8) is 0 Å². The van der Waals surface area contributed by atoms with Crippen LogP contribution in [0.3, 0.4) is 0 Å². The molecule has 0 saturated heterocycles. The van der Waals surface area contributed by atoms with Gasteiger partial charge in [-0.1, -0.05) is 43.2 Å². The molecule has 2 heterocycles. The SMILES string of the molecule is Cn1c(SCC(=O)Nc2ccnn2C2CCCCC2)nnc1-c1ccccc1F. The average molecular weight is 415 g/mol. The van der Waals surface area contributed by atoms with Gasteiger partial charge in [-0.05, 0) is 25.0 Å². The van der Waals surface area contributed by atoms with E-state index in [1.165, 1.54) is 37.1 Å². The number of hydrogen-bond donors (Lipinski definition) is 1. The van der Waals surface area contributed by atoms with Crippen LogP contribution in [0.25, 0.3) is 11.4 Å². The van der Waals surface area contributed by atoms with Gasteiger partial charge in [0.1, 0.15) is 11.6 Å². The third kappa shape index (κ3) is 4.34. The van der Waals surface area contributed by atoms with E-state index in [9.17, 15) is 9.18 Å². The quantitative estimate of drug-likeness (QED) is 0.616. The Bertz CT molecular complexity index is 995. The number of thioether (sulfide) groups is 1. The number of halogens is 1. The lowest BCUT2D eigenvalue weighted by molar-refractivity contribution is -0.113. The van der Waals surface area contributed by atoms with Crippen molar-refractivity contribution in [3.8, 4) is 11.4 Å². The molecule has 29 heavy (non-hydrogen) atoms. The summed E-state index contributed by atoms with van der Waals surface area (Å²) in [6, 6.07) is 8.61. The third-order valence-corrected chi connectivity index (χ3v) is 6.16. The Hall–Kier alpha value is -2.68. The van der Waals surface area contributed by atoms with E-state index in [0.717, 1.165) is 18.7 Å². The van der Waals surface area contributed by atoms with Crippen LogP contribution in [-0.4, -0.2) is 36.2 Å². The first-order valence-electron chi connectivity index (χ1n) is 9.74. The number of hydrogen-bond acceptors (Lipinski definition) is 5. The molecule has 1 amide bonds. The summed E-state index contributed by atoms with van der Waals surface area (Å²) in [6.07, 6.45) is 7.58. The summed E-state index contributed by atoms with van der Waals surface area (Å²) >= 11 is 1.26. The molecule has 4 rings (SSSR count). The highest BCUT2D eigenvalue weighted by Crippen LogP contribution is 2.30. The van der Waals surface area contributed by atoms with E-state index in [0.29, 0.717) is 22.6 Å². The van der Waals surface area contributed by atoms with Crippen LogP contribution in [0.5, 0.6) is 0 Å². The number of anilines is 1. The van der Waals surface area contributed by atoms with Gasteiger partial charge in [-0.15, -0.1) is 10.2 Å². The van der Waals surface area contributed by atoms with E-state index in [1.807, 2.05) is 10.7 Å². The van der Waals surface area contributed by atoms with Crippen molar-refractivity contribution in [1.29, 1.82) is 0 Å². The Kier molecular flexibility index (Phi) is 5.94. The molecule has 2 aromatic heterocycles. The number of amides is 1. The van der Waals surface area contributed by atoms with E-state index in [2.05, 4.69) is 20.6 Å². The van der Waals surface area contributed by atoms with E-state index >= 15 is 0 Å². The van der Waals surface area contributed by atoms with Gasteiger partial charge >= 0.3 is 0 Å². The van der Waals surface area contributed by atoms with Gasteiger partial charge in [0, 0.05) is 13.1 Å². The van der Waals surface area contributed by atoms with Crippen LogP contribution < -0.4 is 5.32 Å². The number of aromatic nitrogens is 5. The fourth-order valence-corrected chi connectivity index (χ4v) is 4.37. The van der Waals surface area contributed by atoms with E-state index in [4.69, 9.17) is 0 Å². The molecule has 152 valence electrons. The molecular weight excluding hydrogens is 391 g/mol. The Balaban J connectivity index is 1.39. The summed E-state index contributed by atoms with van der Waals surface area (Å²) in [5, 5.41) is 16.1. The minimum absolute atomic E-state index is 0.136. The topological polar surface area (TPSA) is 77.6 Å². The highest BCUT2D eigenvalue weighted by molar-refractivity contribution is 7.99. The van der Waals surface area contributed by atoms with E-state index in [1.54, 1.807) is 36.0 Å². The van der Waals surface area contributed by atoms with Crippen molar-refractivity contribution in [3.05, 3.63) is 42.3 Å². The van der Waals surface area contributed by atoms with Crippen LogP contribution in [0.2, 0.25) is 0 Å². The maximum Gasteiger partial charge on any atom is 0.235 e. The summed E-state index contributed by atoms with van der Waals surface area (Å²) in [6.45, 7) is 0. The molecule has 0 bridgehead atoms. The van der Waals surface area contributed by atoms with Gasteiger partial charge in [0.05, 0.1) is 23.6 Å². The number of rotatable bonds is 6. The summed E-state index contributed by atoms with van der Waals surface area (Å²) in [7, 11) is 1.76. The molecule has 7 nitrogen and oxygen atoms in total. The Morgan fingerprint density at radius 3 is 2.79 bits per heavy atom. The fourth-order valence-electron chi connectivity index (χ4n) is 3.66. The van der Waals surface area contributed by atoms with Crippen LogP contribution in [0.1, 0.15) is 38.1 Å². The molecule has 0 atom stereocenters. The van der Waals surface area contributed by atoms with Crippen LogP contribution >= 0.6 is 11.8 Å². The predicted molar refractivity (Wildman–Crippen MR) is 110 cm³/mol. The van der Waals surface area contributed by atoms with Gasteiger partial charge in [0.2, 0.25) is 5.91 Å². The minimum Gasteiger partial charge on any atom is -0.310 e. The van der Waals surface area contributed by atoms with Crippen molar-refractivity contribution in [2.24, 2.45) is 7.05 Å². The largest absolute Gasteiger partial charge is 0.310 e. The normalized spacial score (nSPS) is 14.8. The Morgan fingerprint density at radius 1 is 1.21 bits per heavy atom. The van der Waals surface area contributed by atoms with Crippen LogP contribution in [0.15, 0.2) is 41.7 Å². The predicted octanol–water partition coefficient (Wildman–Crippen LogP) is 4.05. The highest BCUT2D eigenvalue weighted by atomic mass is 32.2. The first-order chi connectivity index (χ1) is 14.1. The zero-order valence-electron chi connectivity index (χ0n) is 16.2. The summed E-state index contributed by atoms with van der Waals surface area (Å²) < 4.78 is 17.6. The van der Waals surface area contributed by atoms with Gasteiger partial charge in [0.25, 0.3) is 0 Å². The summed E-state index contributed by atoms with van der Waals surface area (Å²) in [4.78, 5) is 12.5. The van der Waals surface area contributed by atoms with Crippen molar-refractivity contribution < 1.29 is 9.18 Å². The molecule has 1 aliphatic carbocycles. The maximum absolute atomic E-state index is 14.0. The maximum atomic E-state index is 14.0. The van der Waals surface area contributed by atoms with Gasteiger partial charge in [-0.2, -0.15) is 5.10 Å². The molecule has 9 heteroatoms. The molecule has 0 aliphatic heterocycles. The molecule has 1 aliphatic rings. The van der Waals surface area contributed by atoms with Crippen molar-refractivity contribution in [2.75, 3.05) is 11.1 Å². The molecule has 1 aromatic carbocycles. The molecule has 1 N–H and O–H groups in total. The standard InChI is InChI=1S/C20H23FN6OS/c1-26-19(15-9-5-6-10-16(15)21)24-25-20(26)29-13-18(28)23-17-11-12-22-27(17)14-7-3-2-4-8-14/h5-6,9-12,14H,2-4,7-8,13H2,1H3,(H,23,28). The fraction of sp³-hybridized carbons (Fsp3) is 0.400. The van der Waals surface area contributed by atoms with Crippen molar-refractivity contribution in [2.45, 2.75) is 43.3 Å². The molecule has 0 unspecified atom stereocenters. The second kappa shape index (κ2) is 8.77. The Morgan fingerprint density at radius 2 is 2.00 bits per heavy atom. The zero-order valence-corrected chi connectivity index (χ0v) is 17.0. The lowest BCUT2D eigenvalue weighted by Gasteiger charge is -2.23. The second-order valence-corrected chi connectivity index (χ2v) is 8.08. The third-order valence-electron chi connectivity index (χ3n) is 5.14. The van der Waals surface area contributed by atoms with Crippen LogP contribution in [0, 0.1) is 5.82 Å². The highest BCUT2D eigenvalue weighted by Gasteiger charge is 2.20. The number of carbonyl (C=O) groups is 1. The average Bonchev–Trinajstić information content (AvgIpc) is 3.34. The molecular formula is C20H23FN6OS. The lowest BCUT2D eigenvalue weighted by atomic mass is 9.96. The number of carbonyl (C=O) groups excluding carboxylic acids is 1. The molecule has 0 spiro atoms. The van der Waals surface area contributed by atoms with Crippen molar-refractivity contribution >= 4 is 23.5 Å². The monoisotopic (exact) mass is 414 g/mol. The van der Waals surface area contributed by atoms with Gasteiger partial charge in [-0.3, -0.25) is 4.79 Å². The van der Waals surface area contributed by atoms with Crippen LogP contribution in [0.4, 0.5) is 10.2 Å². The number of nitrogens with zero attached hydrogens (tertiary/aromatic N) is 5. The van der Waals surface area contributed by atoms with E-state index in [-0.39, 0.29) is 17.5 Å². The number of benzene rings is 1. The minimum atomic E-state index is -0.353. The molecule has 1 fully saturated rings. The molecule has 0 radical (unpaired) electrons. The molecule has 3 aromatic rings. The van der Waals surface area contributed by atoms with E-state index < -0.39 is 0 Å². The lowest BCUT2D eigenvalue weighted by Crippen LogP contribution is -2.21. The summed E-state index contributed by atoms with van der Waals surface area (Å²) in [5.74, 6) is 0.851. The zero-order chi connectivity index (χ0) is 20.2. The van der Waals surface area contributed by atoms with Gasteiger partial charge in [-0.25, -0.2) is 9.07 Å². The first kappa shape index (κ1) is 19.6. The molecule has 1 saturated carbocycles. The van der Waals surface area contributed by atoms with Crippen LogP contribution in [-0.2, 0) is 11.8 Å². The first-order valence-corrected chi connectivity index (χ1v) is 10.7. The second-order valence-electron chi connectivity index (χ2n) is 7.13. The number of nitrogens with one attached hydrogen (secondary N) is 1.